The van der Waals surface area contributed by atoms with Gasteiger partial charge in [0.25, 0.3) is 0 Å². The van der Waals surface area contributed by atoms with Gasteiger partial charge in [-0.3, -0.25) is 4.79 Å². The summed E-state index contributed by atoms with van der Waals surface area (Å²) < 4.78 is 1.03. The fraction of sp³-hybridized carbons (Fsp3) is 0.417. The maximum absolute atomic E-state index is 12.1. The largest absolute Gasteiger partial charge is 0.351 e. The molecule has 2 rings (SSSR count). The van der Waals surface area contributed by atoms with Crippen molar-refractivity contribution >= 4 is 33.6 Å². The fourth-order valence-corrected chi connectivity index (χ4v) is 3.30. The van der Waals surface area contributed by atoms with Crippen molar-refractivity contribution in [2.45, 2.75) is 17.7 Å². The topological polar surface area (TPSA) is 55.1 Å². The van der Waals surface area contributed by atoms with Crippen LogP contribution in [0.15, 0.2) is 28.7 Å². The molecule has 0 saturated carbocycles. The molecule has 0 bridgehead atoms. The van der Waals surface area contributed by atoms with Crippen LogP contribution in [0.2, 0.25) is 0 Å². The van der Waals surface area contributed by atoms with E-state index in [9.17, 15) is 4.79 Å². The molecule has 2 atom stereocenters. The molecule has 0 radical (unpaired) electrons. The third-order valence-electron chi connectivity index (χ3n) is 2.79. The van der Waals surface area contributed by atoms with E-state index in [0.717, 1.165) is 22.2 Å². The molecule has 0 unspecified atom stereocenters. The number of hydrogen-bond donors (Lipinski definition) is 2. The second kappa shape index (κ2) is 5.89. The van der Waals surface area contributed by atoms with Gasteiger partial charge in [-0.15, -0.1) is 11.8 Å². The standard InChI is InChI=1S/C12H15BrN2OS/c13-9-3-1-8(2-4-9)11-12(16)15-10(7-14)5-6-17-11/h1-4,10-11H,5-7,14H2,(H,15,16)/t10-,11-/m0/s1. The third kappa shape index (κ3) is 3.24. The van der Waals surface area contributed by atoms with Crippen LogP contribution in [0.25, 0.3) is 0 Å². The summed E-state index contributed by atoms with van der Waals surface area (Å²) in [6, 6.07) is 8.03. The van der Waals surface area contributed by atoms with Crippen LogP contribution >= 0.6 is 27.7 Å². The molecule has 1 aliphatic heterocycles. The van der Waals surface area contributed by atoms with Gasteiger partial charge in [0, 0.05) is 17.1 Å². The number of nitrogens with one attached hydrogen (secondary N) is 1. The fourth-order valence-electron chi connectivity index (χ4n) is 1.81. The molecule has 1 aliphatic rings. The second-order valence-corrected chi connectivity index (χ2v) is 6.16. The van der Waals surface area contributed by atoms with Gasteiger partial charge in [-0.05, 0) is 29.9 Å². The third-order valence-corrected chi connectivity index (χ3v) is 4.61. The van der Waals surface area contributed by atoms with Gasteiger partial charge >= 0.3 is 0 Å². The Morgan fingerprint density at radius 1 is 1.41 bits per heavy atom. The number of hydrogen-bond acceptors (Lipinski definition) is 3. The molecule has 1 saturated heterocycles. The molecule has 1 aromatic carbocycles. The van der Waals surface area contributed by atoms with Crippen molar-refractivity contribution < 1.29 is 4.79 Å². The Hall–Kier alpha value is -0.520. The highest BCUT2D eigenvalue weighted by Gasteiger charge is 2.26. The Bertz CT molecular complexity index is 396. The first-order valence-electron chi connectivity index (χ1n) is 5.58. The summed E-state index contributed by atoms with van der Waals surface area (Å²) in [4.78, 5) is 12.1. The lowest BCUT2D eigenvalue weighted by Crippen LogP contribution is -2.40. The zero-order valence-corrected chi connectivity index (χ0v) is 11.8. The molecule has 0 spiro atoms. The van der Waals surface area contributed by atoms with Crippen molar-refractivity contribution in [3.05, 3.63) is 34.3 Å². The Labute approximate surface area is 114 Å². The zero-order chi connectivity index (χ0) is 12.3. The summed E-state index contributed by atoms with van der Waals surface area (Å²) in [5.41, 5.74) is 6.66. The molecular formula is C12H15BrN2OS. The molecule has 0 aliphatic carbocycles. The van der Waals surface area contributed by atoms with Crippen LogP contribution in [0.1, 0.15) is 17.2 Å². The Morgan fingerprint density at radius 2 is 2.12 bits per heavy atom. The number of carbonyl (C=O) groups is 1. The van der Waals surface area contributed by atoms with Gasteiger partial charge in [0.2, 0.25) is 5.91 Å². The van der Waals surface area contributed by atoms with Gasteiger partial charge in [-0.25, -0.2) is 0 Å². The zero-order valence-electron chi connectivity index (χ0n) is 9.36. The first-order chi connectivity index (χ1) is 8.20. The molecule has 3 N–H and O–H groups in total. The number of thioether (sulfide) groups is 1. The van der Waals surface area contributed by atoms with Crippen LogP contribution in [0.4, 0.5) is 0 Å². The highest BCUT2D eigenvalue weighted by atomic mass is 79.9. The summed E-state index contributed by atoms with van der Waals surface area (Å²) in [5, 5.41) is 2.88. The highest BCUT2D eigenvalue weighted by Crippen LogP contribution is 2.32. The lowest BCUT2D eigenvalue weighted by atomic mass is 10.1. The van der Waals surface area contributed by atoms with E-state index in [1.807, 2.05) is 24.3 Å². The Morgan fingerprint density at radius 3 is 2.76 bits per heavy atom. The van der Waals surface area contributed by atoms with Crippen molar-refractivity contribution in [2.24, 2.45) is 5.73 Å². The van der Waals surface area contributed by atoms with Crippen LogP contribution in [0.5, 0.6) is 0 Å². The average Bonchev–Trinajstić information content (AvgIpc) is 2.52. The van der Waals surface area contributed by atoms with Gasteiger partial charge in [-0.1, -0.05) is 28.1 Å². The van der Waals surface area contributed by atoms with Crippen molar-refractivity contribution in [1.82, 2.24) is 5.32 Å². The normalized spacial score (nSPS) is 25.2. The molecule has 0 aromatic heterocycles. The maximum Gasteiger partial charge on any atom is 0.237 e. The Kier molecular flexibility index (Phi) is 4.48. The first-order valence-corrected chi connectivity index (χ1v) is 7.42. The second-order valence-electron chi connectivity index (χ2n) is 4.03. The van der Waals surface area contributed by atoms with Crippen molar-refractivity contribution in [1.29, 1.82) is 0 Å². The number of rotatable bonds is 2. The van der Waals surface area contributed by atoms with Crippen molar-refractivity contribution in [3.8, 4) is 0 Å². The molecule has 1 heterocycles. The lowest BCUT2D eigenvalue weighted by molar-refractivity contribution is -0.121. The lowest BCUT2D eigenvalue weighted by Gasteiger charge is -2.15. The summed E-state index contributed by atoms with van der Waals surface area (Å²) in [6.07, 6.45) is 0.944. The van der Waals surface area contributed by atoms with E-state index in [2.05, 4.69) is 21.2 Å². The minimum absolute atomic E-state index is 0.0743. The molecule has 92 valence electrons. The average molecular weight is 315 g/mol. The van der Waals surface area contributed by atoms with Crippen molar-refractivity contribution in [3.63, 3.8) is 0 Å². The number of benzene rings is 1. The van der Waals surface area contributed by atoms with Crippen LogP contribution in [-0.2, 0) is 4.79 Å². The number of nitrogens with two attached hydrogens (primary N) is 1. The van der Waals surface area contributed by atoms with E-state index in [-0.39, 0.29) is 17.2 Å². The summed E-state index contributed by atoms with van der Waals surface area (Å²) in [5.74, 6) is 1.03. The molecule has 3 nitrogen and oxygen atoms in total. The minimum atomic E-state index is -0.111. The van der Waals surface area contributed by atoms with E-state index in [1.165, 1.54) is 0 Å². The van der Waals surface area contributed by atoms with E-state index >= 15 is 0 Å². The summed E-state index contributed by atoms with van der Waals surface area (Å²) in [7, 11) is 0. The minimum Gasteiger partial charge on any atom is -0.351 e. The van der Waals surface area contributed by atoms with Gasteiger partial charge in [0.05, 0.1) is 0 Å². The predicted octanol–water partition coefficient (Wildman–Crippen LogP) is 2.07. The molecule has 17 heavy (non-hydrogen) atoms. The molecule has 5 heteroatoms. The van der Waals surface area contributed by atoms with Crippen LogP contribution in [0, 0.1) is 0 Å². The molecular weight excluding hydrogens is 300 g/mol. The van der Waals surface area contributed by atoms with E-state index in [4.69, 9.17) is 5.73 Å². The number of halogens is 1. The van der Waals surface area contributed by atoms with Crippen LogP contribution < -0.4 is 11.1 Å². The van der Waals surface area contributed by atoms with Gasteiger partial charge in [0.15, 0.2) is 0 Å². The van der Waals surface area contributed by atoms with Gasteiger partial charge in [0.1, 0.15) is 5.25 Å². The quantitative estimate of drug-likeness (QED) is 0.878. The van der Waals surface area contributed by atoms with Crippen LogP contribution in [-0.4, -0.2) is 24.2 Å². The maximum atomic E-state index is 12.1. The monoisotopic (exact) mass is 314 g/mol. The van der Waals surface area contributed by atoms with E-state index < -0.39 is 0 Å². The van der Waals surface area contributed by atoms with Gasteiger partial charge < -0.3 is 11.1 Å². The molecule has 1 aromatic rings. The highest BCUT2D eigenvalue weighted by molar-refractivity contribution is 9.10. The predicted molar refractivity (Wildman–Crippen MR) is 74.9 cm³/mol. The summed E-state index contributed by atoms with van der Waals surface area (Å²) in [6.45, 7) is 0.513. The molecule has 1 fully saturated rings. The summed E-state index contributed by atoms with van der Waals surface area (Å²) >= 11 is 5.08. The van der Waals surface area contributed by atoms with Crippen molar-refractivity contribution in [2.75, 3.05) is 12.3 Å². The van der Waals surface area contributed by atoms with E-state index in [0.29, 0.717) is 6.54 Å². The van der Waals surface area contributed by atoms with E-state index in [1.54, 1.807) is 11.8 Å². The number of carbonyl (C=O) groups excluding carboxylic acids is 1. The van der Waals surface area contributed by atoms with Crippen LogP contribution in [0.3, 0.4) is 0 Å². The first kappa shape index (κ1) is 12.9. The SMILES string of the molecule is NC[C@@H]1CCS[C@@H](c2ccc(Br)cc2)C(=O)N1. The Balaban J connectivity index is 2.15. The molecule has 1 amide bonds. The van der Waals surface area contributed by atoms with Gasteiger partial charge in [-0.2, -0.15) is 0 Å². The number of amides is 1. The smallest absolute Gasteiger partial charge is 0.237 e.